The molecule has 6 aromatic rings. The molecule has 0 atom stereocenters. The van der Waals surface area contributed by atoms with E-state index in [9.17, 15) is 19.4 Å². The van der Waals surface area contributed by atoms with E-state index in [0.29, 0.717) is 23.3 Å². The normalized spacial score (nSPS) is 13.5. The van der Waals surface area contributed by atoms with Crippen LogP contribution < -0.4 is 0 Å². The molecule has 0 amide bonds. The molecule has 0 saturated carbocycles. The summed E-state index contributed by atoms with van der Waals surface area (Å²) in [6, 6.07) is 51.1. The van der Waals surface area contributed by atoms with Gasteiger partial charge in [-0.25, -0.2) is 0 Å². The number of halogens is 5. The lowest BCUT2D eigenvalue weighted by Crippen LogP contribution is -2.05. The van der Waals surface area contributed by atoms with Crippen LogP contribution in [0, 0.1) is 6.92 Å². The monoisotopic (exact) mass is 652 g/mol. The Balaban J connectivity index is 0.000000189. The summed E-state index contributed by atoms with van der Waals surface area (Å²) in [5.41, 5.74) is 8.93. The van der Waals surface area contributed by atoms with E-state index in [0.717, 1.165) is 23.3 Å². The van der Waals surface area contributed by atoms with Crippen LogP contribution >= 0.6 is 10.2 Å². The fourth-order valence-electron chi connectivity index (χ4n) is 4.96. The fourth-order valence-corrected chi connectivity index (χ4v) is 5.61. The first kappa shape index (κ1) is 33.2. The van der Waals surface area contributed by atoms with Crippen LogP contribution in [0.1, 0.15) is 38.9 Å². The number of rotatable bonds is 7. The second-order valence-corrected chi connectivity index (χ2v) is 13.4. The highest BCUT2D eigenvalue weighted by Crippen LogP contribution is 3.02. The van der Waals surface area contributed by atoms with E-state index in [4.69, 9.17) is 0 Å². The van der Waals surface area contributed by atoms with E-state index >= 15 is 0 Å². The Bertz CT molecular complexity index is 1950. The SMILES string of the molecule is Cc1ccc(/C(=C\c2ccccc2)c2ccccc2)cc1.FS(F)(F)(F)(F)c1ccc(/C(=C/c2ccccc2)c2ccccc2)cc1. The average Bonchev–Trinajstić information content (AvgIpc) is 3.08. The lowest BCUT2D eigenvalue weighted by molar-refractivity contribution is 0.364. The van der Waals surface area contributed by atoms with E-state index < -0.39 is 15.1 Å². The highest BCUT2D eigenvalue weighted by molar-refractivity contribution is 8.45. The third-order valence-electron chi connectivity index (χ3n) is 7.36. The van der Waals surface area contributed by atoms with Crippen molar-refractivity contribution in [3.63, 3.8) is 0 Å². The summed E-state index contributed by atoms with van der Waals surface area (Å²) in [7, 11) is -9.67. The molecular formula is C41H33F5S. The van der Waals surface area contributed by atoms with Crippen LogP contribution in [-0.2, 0) is 0 Å². The molecule has 0 aliphatic heterocycles. The minimum Gasteiger partial charge on any atom is -0.0936 e. The minimum atomic E-state index is -9.67. The highest BCUT2D eigenvalue weighted by Gasteiger charge is 2.65. The van der Waals surface area contributed by atoms with Gasteiger partial charge in [-0.15, -0.1) is 0 Å². The van der Waals surface area contributed by atoms with Crippen molar-refractivity contribution in [2.45, 2.75) is 11.8 Å². The van der Waals surface area contributed by atoms with E-state index in [2.05, 4.69) is 91.9 Å². The van der Waals surface area contributed by atoms with Gasteiger partial charge in [0.05, 0.1) is 0 Å². The first-order valence-electron chi connectivity index (χ1n) is 14.9. The molecule has 0 aliphatic rings. The molecule has 47 heavy (non-hydrogen) atoms. The molecule has 0 bridgehead atoms. The summed E-state index contributed by atoms with van der Waals surface area (Å²) in [6.07, 6.45) is 4.06. The maximum Gasteiger partial charge on any atom is 0.310 e. The summed E-state index contributed by atoms with van der Waals surface area (Å²) in [5, 5.41) is 0. The molecule has 0 saturated heterocycles. The minimum absolute atomic E-state index is 0.422. The van der Waals surface area contributed by atoms with Gasteiger partial charge in [-0.3, -0.25) is 0 Å². The molecular weight excluding hydrogens is 620 g/mol. The van der Waals surface area contributed by atoms with E-state index in [1.165, 1.54) is 27.8 Å². The predicted molar refractivity (Wildman–Crippen MR) is 189 cm³/mol. The molecule has 238 valence electrons. The van der Waals surface area contributed by atoms with Crippen molar-refractivity contribution in [2.75, 3.05) is 0 Å². The second kappa shape index (κ2) is 13.3. The van der Waals surface area contributed by atoms with Crippen LogP contribution in [0.25, 0.3) is 23.3 Å². The average molecular weight is 653 g/mol. The van der Waals surface area contributed by atoms with Gasteiger partial charge in [-0.2, -0.15) is 0 Å². The summed E-state index contributed by atoms with van der Waals surface area (Å²) < 4.78 is 64.7. The zero-order chi connectivity index (χ0) is 33.4. The maximum absolute atomic E-state index is 12.9. The fraction of sp³-hybridized carbons (Fsp3) is 0.0244. The van der Waals surface area contributed by atoms with Crippen molar-refractivity contribution in [3.05, 3.63) is 209 Å². The van der Waals surface area contributed by atoms with Gasteiger partial charge in [0.15, 0.2) is 0 Å². The lowest BCUT2D eigenvalue weighted by Gasteiger charge is -2.40. The van der Waals surface area contributed by atoms with Crippen LogP contribution in [0.4, 0.5) is 19.4 Å². The van der Waals surface area contributed by atoms with Crippen LogP contribution in [0.3, 0.4) is 0 Å². The van der Waals surface area contributed by atoms with Crippen molar-refractivity contribution in [3.8, 4) is 0 Å². The van der Waals surface area contributed by atoms with Crippen LogP contribution in [0.15, 0.2) is 175 Å². The van der Waals surface area contributed by atoms with Crippen molar-refractivity contribution in [1.82, 2.24) is 0 Å². The molecule has 6 rings (SSSR count). The Hall–Kier alpha value is -5.20. The van der Waals surface area contributed by atoms with Crippen molar-refractivity contribution in [1.29, 1.82) is 0 Å². The van der Waals surface area contributed by atoms with Gasteiger partial charge in [0.2, 0.25) is 0 Å². The third-order valence-corrected chi connectivity index (χ3v) is 8.53. The van der Waals surface area contributed by atoms with E-state index in [-0.39, 0.29) is 0 Å². The van der Waals surface area contributed by atoms with Crippen molar-refractivity contribution < 1.29 is 19.4 Å². The molecule has 6 heteroatoms. The van der Waals surface area contributed by atoms with Gasteiger partial charge in [0.1, 0.15) is 4.90 Å². The first-order valence-corrected chi connectivity index (χ1v) is 16.9. The zero-order valence-electron chi connectivity index (χ0n) is 25.6. The van der Waals surface area contributed by atoms with Gasteiger partial charge < -0.3 is 0 Å². The van der Waals surface area contributed by atoms with Crippen molar-refractivity contribution in [2.24, 2.45) is 0 Å². The summed E-state index contributed by atoms with van der Waals surface area (Å²) in [4.78, 5) is -1.89. The molecule has 0 aliphatic carbocycles. The van der Waals surface area contributed by atoms with Gasteiger partial charge in [-0.1, -0.05) is 183 Å². The van der Waals surface area contributed by atoms with Gasteiger partial charge in [-0.05, 0) is 75.7 Å². The summed E-state index contributed by atoms with van der Waals surface area (Å²) in [5.74, 6) is 0. The molecule has 0 N–H and O–H groups in total. The molecule has 0 fully saturated rings. The number of aryl methyl sites for hydroxylation is 1. The molecule has 0 heterocycles. The lowest BCUT2D eigenvalue weighted by atomic mass is 9.95. The predicted octanol–water partition coefficient (Wildman–Crippen LogP) is 13.5. The van der Waals surface area contributed by atoms with Gasteiger partial charge >= 0.3 is 10.2 Å². The highest BCUT2D eigenvalue weighted by atomic mass is 32.5. The molecule has 0 unspecified atom stereocenters. The molecule has 0 radical (unpaired) electrons. The van der Waals surface area contributed by atoms with Gasteiger partial charge in [0.25, 0.3) is 0 Å². The molecule has 0 spiro atoms. The molecule has 0 nitrogen and oxygen atoms in total. The van der Waals surface area contributed by atoms with Crippen molar-refractivity contribution >= 4 is 33.5 Å². The van der Waals surface area contributed by atoms with Crippen LogP contribution in [0.2, 0.25) is 0 Å². The molecule has 6 aromatic carbocycles. The Morgan fingerprint density at radius 2 is 0.681 bits per heavy atom. The topological polar surface area (TPSA) is 0 Å². The van der Waals surface area contributed by atoms with Gasteiger partial charge in [0, 0.05) is 0 Å². The third kappa shape index (κ3) is 9.41. The van der Waals surface area contributed by atoms with Crippen LogP contribution in [-0.4, -0.2) is 0 Å². The van der Waals surface area contributed by atoms with E-state index in [1.54, 1.807) is 12.1 Å². The second-order valence-electron chi connectivity index (χ2n) is 11.0. The maximum atomic E-state index is 12.9. The standard InChI is InChI=1S/C21H18.C20H15F5S/c1-17-12-14-20(15-13-17)21(19-10-6-3-7-11-19)16-18-8-4-2-5-9-18;21-26(22,23,24,25)19-13-11-18(12-14-19)20(17-9-5-2-6-10-17)15-16-7-3-1-4-8-16/h2-16H,1H3;1-15H/b21-16-;20-15+. The quantitative estimate of drug-likeness (QED) is 0.119. The Kier molecular flexibility index (Phi) is 9.36. The Morgan fingerprint density at radius 1 is 0.383 bits per heavy atom. The molecule has 0 aromatic heterocycles. The Morgan fingerprint density at radius 3 is 1.02 bits per heavy atom. The van der Waals surface area contributed by atoms with Crippen LogP contribution in [0.5, 0.6) is 0 Å². The first-order chi connectivity index (χ1) is 22.4. The van der Waals surface area contributed by atoms with E-state index in [1.807, 2.05) is 60.7 Å². The summed E-state index contributed by atoms with van der Waals surface area (Å²) >= 11 is 0. The zero-order valence-corrected chi connectivity index (χ0v) is 26.4. The number of hydrogen-bond acceptors (Lipinski definition) is 0. The smallest absolute Gasteiger partial charge is 0.0936 e. The Labute approximate surface area is 272 Å². The summed E-state index contributed by atoms with van der Waals surface area (Å²) in [6.45, 7) is 2.12. The number of hydrogen-bond donors (Lipinski definition) is 0. The number of benzene rings is 6. The largest absolute Gasteiger partial charge is 0.310 e.